The molecule has 20 heavy (non-hydrogen) atoms. The molecule has 2 N–H and O–H groups in total. The molecule has 1 amide bonds. The van der Waals surface area contributed by atoms with Gasteiger partial charge in [0.25, 0.3) is 5.91 Å². The van der Waals surface area contributed by atoms with Crippen molar-refractivity contribution in [3.8, 4) is 0 Å². The predicted molar refractivity (Wildman–Crippen MR) is 75.0 cm³/mol. The highest BCUT2D eigenvalue weighted by Crippen LogP contribution is 2.23. The number of nitrogens with zero attached hydrogens (tertiary/aromatic N) is 1. The monoisotopic (exact) mass is 276 g/mol. The maximum Gasteiger partial charge on any atom is 0.307 e. The molecule has 1 aliphatic heterocycles. The Kier molecular flexibility index (Phi) is 4.74. The summed E-state index contributed by atoms with van der Waals surface area (Å²) in [6.45, 7) is 1.16. The molecule has 108 valence electrons. The van der Waals surface area contributed by atoms with Crippen LogP contribution in [0.25, 0.3) is 0 Å². The van der Waals surface area contributed by atoms with Crippen LogP contribution in [-0.4, -0.2) is 36.5 Å². The van der Waals surface area contributed by atoms with E-state index in [-0.39, 0.29) is 24.3 Å². The first-order valence-electron chi connectivity index (χ1n) is 6.82. The maximum atomic E-state index is 12.5. The smallest absolute Gasteiger partial charge is 0.307 e. The summed E-state index contributed by atoms with van der Waals surface area (Å²) >= 11 is 0. The van der Waals surface area contributed by atoms with Gasteiger partial charge in [-0.3, -0.25) is 9.59 Å². The number of rotatable bonds is 4. The Balaban J connectivity index is 2.08. The van der Waals surface area contributed by atoms with Gasteiger partial charge in [-0.25, -0.2) is 0 Å². The van der Waals surface area contributed by atoms with E-state index in [1.807, 2.05) is 12.1 Å². The lowest BCUT2D eigenvalue weighted by Crippen LogP contribution is -2.37. The number of carbonyl (C=O) groups is 2. The average Bonchev–Trinajstić information content (AvgIpc) is 2.94. The van der Waals surface area contributed by atoms with Crippen LogP contribution in [0.2, 0.25) is 0 Å². The molecule has 0 radical (unpaired) electrons. The average molecular weight is 276 g/mol. The minimum Gasteiger partial charge on any atom is -0.469 e. The van der Waals surface area contributed by atoms with Crippen LogP contribution >= 0.6 is 0 Å². The van der Waals surface area contributed by atoms with Gasteiger partial charge in [0.05, 0.1) is 13.5 Å². The minimum atomic E-state index is -0.270. The minimum absolute atomic E-state index is 0.0278. The largest absolute Gasteiger partial charge is 0.469 e. The van der Waals surface area contributed by atoms with Crippen LogP contribution in [0.5, 0.6) is 0 Å². The van der Waals surface area contributed by atoms with Gasteiger partial charge in [0.1, 0.15) is 0 Å². The van der Waals surface area contributed by atoms with Gasteiger partial charge in [-0.15, -0.1) is 0 Å². The molecule has 1 aromatic carbocycles. The number of likely N-dealkylation sites (tertiary alicyclic amines) is 1. The van der Waals surface area contributed by atoms with Gasteiger partial charge < -0.3 is 15.4 Å². The van der Waals surface area contributed by atoms with E-state index < -0.39 is 0 Å². The lowest BCUT2D eigenvalue weighted by atomic mass is 10.1. The number of carbonyl (C=O) groups excluding carboxylic acids is 2. The van der Waals surface area contributed by atoms with E-state index >= 15 is 0 Å². The summed E-state index contributed by atoms with van der Waals surface area (Å²) < 4.78 is 4.69. The van der Waals surface area contributed by atoms with Gasteiger partial charge in [-0.1, -0.05) is 12.1 Å². The van der Waals surface area contributed by atoms with Crippen molar-refractivity contribution in [1.82, 2.24) is 4.90 Å². The van der Waals surface area contributed by atoms with Crippen molar-refractivity contribution in [3.05, 3.63) is 35.4 Å². The summed E-state index contributed by atoms with van der Waals surface area (Å²) in [5.74, 6) is -0.298. The summed E-state index contributed by atoms with van der Waals surface area (Å²) in [6.07, 6.45) is 2.04. The first-order chi connectivity index (χ1) is 9.65. The predicted octanol–water partition coefficient (Wildman–Crippen LogP) is 1.31. The third-order valence-electron chi connectivity index (χ3n) is 3.70. The van der Waals surface area contributed by atoms with Gasteiger partial charge in [-0.2, -0.15) is 0 Å². The van der Waals surface area contributed by atoms with Crippen LogP contribution in [0.4, 0.5) is 0 Å². The number of nitrogens with two attached hydrogens (primary N) is 1. The molecule has 1 atom stereocenters. The standard InChI is InChI=1S/C15H20N2O3/c1-20-14(18)9-13-3-2-8-17(13)15(19)12-6-4-11(10-16)5-7-12/h4-7,13H,2-3,8-10,16H2,1H3. The lowest BCUT2D eigenvalue weighted by Gasteiger charge is -2.24. The van der Waals surface area contributed by atoms with Crippen molar-refractivity contribution < 1.29 is 14.3 Å². The molecule has 1 unspecified atom stereocenters. The van der Waals surface area contributed by atoms with Crippen LogP contribution in [0, 0.1) is 0 Å². The molecule has 1 heterocycles. The molecule has 0 bridgehead atoms. The second-order valence-corrected chi connectivity index (χ2v) is 4.98. The van der Waals surface area contributed by atoms with Crippen molar-refractivity contribution in [2.24, 2.45) is 5.73 Å². The molecule has 5 heteroatoms. The van der Waals surface area contributed by atoms with Crippen LogP contribution in [-0.2, 0) is 16.1 Å². The molecule has 0 aliphatic carbocycles. The fourth-order valence-corrected chi connectivity index (χ4v) is 2.54. The van der Waals surface area contributed by atoms with Crippen molar-refractivity contribution in [1.29, 1.82) is 0 Å². The lowest BCUT2D eigenvalue weighted by molar-refractivity contribution is -0.141. The zero-order valence-electron chi connectivity index (χ0n) is 11.7. The molecule has 1 aliphatic rings. The second-order valence-electron chi connectivity index (χ2n) is 4.98. The summed E-state index contributed by atoms with van der Waals surface area (Å²) in [5, 5.41) is 0. The molecular formula is C15H20N2O3. The van der Waals surface area contributed by atoms with Crippen molar-refractivity contribution >= 4 is 11.9 Å². The fourth-order valence-electron chi connectivity index (χ4n) is 2.54. The van der Waals surface area contributed by atoms with E-state index in [0.717, 1.165) is 18.4 Å². The molecule has 5 nitrogen and oxygen atoms in total. The highest BCUT2D eigenvalue weighted by atomic mass is 16.5. The Labute approximate surface area is 118 Å². The molecule has 0 spiro atoms. The second kappa shape index (κ2) is 6.52. The van der Waals surface area contributed by atoms with Crippen LogP contribution in [0.3, 0.4) is 0 Å². The van der Waals surface area contributed by atoms with E-state index in [2.05, 4.69) is 4.74 Å². The van der Waals surface area contributed by atoms with Crippen LogP contribution < -0.4 is 5.73 Å². The van der Waals surface area contributed by atoms with Gasteiger partial charge in [-0.05, 0) is 30.5 Å². The molecular weight excluding hydrogens is 256 g/mol. The van der Waals surface area contributed by atoms with E-state index in [4.69, 9.17) is 5.73 Å². The fraction of sp³-hybridized carbons (Fsp3) is 0.467. The summed E-state index contributed by atoms with van der Waals surface area (Å²) in [4.78, 5) is 25.6. The van der Waals surface area contributed by atoms with Gasteiger partial charge in [0.15, 0.2) is 0 Å². The van der Waals surface area contributed by atoms with E-state index in [1.54, 1.807) is 17.0 Å². The van der Waals surface area contributed by atoms with Crippen molar-refractivity contribution in [3.63, 3.8) is 0 Å². The maximum absolute atomic E-state index is 12.5. The molecule has 1 saturated heterocycles. The van der Waals surface area contributed by atoms with E-state index in [9.17, 15) is 9.59 Å². The zero-order chi connectivity index (χ0) is 14.5. The van der Waals surface area contributed by atoms with Gasteiger partial charge >= 0.3 is 5.97 Å². The van der Waals surface area contributed by atoms with E-state index in [0.29, 0.717) is 18.7 Å². The number of ether oxygens (including phenoxy) is 1. The quantitative estimate of drug-likeness (QED) is 0.842. The Morgan fingerprint density at radius 1 is 1.35 bits per heavy atom. The zero-order valence-corrected chi connectivity index (χ0v) is 11.7. The Hall–Kier alpha value is -1.88. The summed E-state index contributed by atoms with van der Waals surface area (Å²) in [6, 6.07) is 7.25. The molecule has 0 saturated carbocycles. The van der Waals surface area contributed by atoms with E-state index in [1.165, 1.54) is 7.11 Å². The number of methoxy groups -OCH3 is 1. The van der Waals surface area contributed by atoms with Crippen LogP contribution in [0.1, 0.15) is 35.2 Å². The highest BCUT2D eigenvalue weighted by molar-refractivity contribution is 5.94. The van der Waals surface area contributed by atoms with Gasteiger partial charge in [0.2, 0.25) is 0 Å². The topological polar surface area (TPSA) is 72.6 Å². The molecule has 2 rings (SSSR count). The van der Waals surface area contributed by atoms with Crippen LogP contribution in [0.15, 0.2) is 24.3 Å². The Morgan fingerprint density at radius 3 is 2.65 bits per heavy atom. The number of hydrogen-bond acceptors (Lipinski definition) is 4. The molecule has 1 aromatic rings. The number of amides is 1. The third kappa shape index (κ3) is 3.17. The van der Waals surface area contributed by atoms with Crippen molar-refractivity contribution in [2.45, 2.75) is 31.8 Å². The Bertz CT molecular complexity index is 484. The first-order valence-corrected chi connectivity index (χ1v) is 6.82. The summed E-state index contributed by atoms with van der Waals surface area (Å²) in [5.41, 5.74) is 7.18. The van der Waals surface area contributed by atoms with Crippen molar-refractivity contribution in [2.75, 3.05) is 13.7 Å². The normalized spacial score (nSPS) is 18.1. The van der Waals surface area contributed by atoms with Gasteiger partial charge in [0, 0.05) is 24.7 Å². The number of benzene rings is 1. The highest BCUT2D eigenvalue weighted by Gasteiger charge is 2.31. The number of hydrogen-bond donors (Lipinski definition) is 1. The molecule has 1 fully saturated rings. The molecule has 0 aromatic heterocycles. The SMILES string of the molecule is COC(=O)CC1CCCN1C(=O)c1ccc(CN)cc1. The number of esters is 1. The Morgan fingerprint density at radius 2 is 2.05 bits per heavy atom. The summed E-state index contributed by atoms with van der Waals surface area (Å²) in [7, 11) is 1.37. The first kappa shape index (κ1) is 14.5. The third-order valence-corrected chi connectivity index (χ3v) is 3.70.